The number of nitrogens with one attached hydrogen (secondary N) is 1. The molecule has 1 aromatic rings. The smallest absolute Gasteiger partial charge is 0.0659 e. The van der Waals surface area contributed by atoms with Gasteiger partial charge in [-0.15, -0.1) is 0 Å². The molecular formula is C15H24N2O. The molecule has 0 radical (unpaired) electrons. The number of benzene rings is 1. The average Bonchev–Trinajstić information content (AvgIpc) is 2.40. The minimum Gasteiger partial charge on any atom is -0.383 e. The van der Waals surface area contributed by atoms with E-state index in [0.717, 1.165) is 19.7 Å². The van der Waals surface area contributed by atoms with Crippen LogP contribution in [0.1, 0.15) is 25.5 Å². The highest BCUT2D eigenvalue weighted by Crippen LogP contribution is 2.25. The summed E-state index contributed by atoms with van der Waals surface area (Å²) in [5, 5.41) is 3.53. The van der Waals surface area contributed by atoms with E-state index >= 15 is 0 Å². The first-order chi connectivity index (χ1) is 8.72. The summed E-state index contributed by atoms with van der Waals surface area (Å²) in [7, 11) is 1.78. The van der Waals surface area contributed by atoms with Gasteiger partial charge in [-0.25, -0.2) is 0 Å². The molecule has 3 heteroatoms. The Bertz CT molecular complexity index is 355. The first kappa shape index (κ1) is 13.5. The zero-order valence-electron chi connectivity index (χ0n) is 11.6. The van der Waals surface area contributed by atoms with Crippen LogP contribution in [-0.2, 0) is 4.74 Å². The van der Waals surface area contributed by atoms with Gasteiger partial charge in [0.2, 0.25) is 0 Å². The molecule has 0 spiro atoms. The van der Waals surface area contributed by atoms with Gasteiger partial charge in [-0.3, -0.25) is 4.90 Å². The van der Waals surface area contributed by atoms with E-state index in [0.29, 0.717) is 18.1 Å². The normalized spacial score (nSPS) is 27.1. The molecule has 1 aromatic carbocycles. The Kier molecular flexibility index (Phi) is 4.75. The van der Waals surface area contributed by atoms with E-state index in [4.69, 9.17) is 4.74 Å². The molecule has 0 aromatic heterocycles. The van der Waals surface area contributed by atoms with E-state index in [1.54, 1.807) is 7.11 Å². The lowest BCUT2D eigenvalue weighted by atomic mass is 10.0. The predicted molar refractivity (Wildman–Crippen MR) is 74.7 cm³/mol. The summed E-state index contributed by atoms with van der Waals surface area (Å²) in [5.74, 6) is 0. The molecule has 3 atom stereocenters. The summed E-state index contributed by atoms with van der Waals surface area (Å²) in [6.07, 6.45) is 0. The quantitative estimate of drug-likeness (QED) is 0.882. The van der Waals surface area contributed by atoms with Crippen molar-refractivity contribution in [2.75, 3.05) is 26.8 Å². The van der Waals surface area contributed by atoms with Gasteiger partial charge in [0, 0.05) is 32.3 Å². The number of nitrogens with zero attached hydrogens (tertiary/aromatic N) is 1. The number of rotatable bonds is 4. The zero-order chi connectivity index (χ0) is 13.0. The van der Waals surface area contributed by atoms with Crippen LogP contribution in [-0.4, -0.2) is 43.8 Å². The number of hydrogen-bond donors (Lipinski definition) is 1. The van der Waals surface area contributed by atoms with E-state index in [9.17, 15) is 0 Å². The SMILES string of the molecule is COCC(c1ccccc1)N1CC(C)NCC1C. The average molecular weight is 248 g/mol. The monoisotopic (exact) mass is 248 g/mol. The van der Waals surface area contributed by atoms with Gasteiger partial charge < -0.3 is 10.1 Å². The molecule has 1 N–H and O–H groups in total. The Morgan fingerprint density at radius 1 is 1.33 bits per heavy atom. The van der Waals surface area contributed by atoms with Crippen LogP contribution in [0.2, 0.25) is 0 Å². The van der Waals surface area contributed by atoms with Gasteiger partial charge in [0.25, 0.3) is 0 Å². The summed E-state index contributed by atoms with van der Waals surface area (Å²) in [4.78, 5) is 2.56. The third-order valence-corrected chi connectivity index (χ3v) is 3.72. The molecule has 18 heavy (non-hydrogen) atoms. The van der Waals surface area contributed by atoms with Gasteiger partial charge in [-0.05, 0) is 19.4 Å². The predicted octanol–water partition coefficient (Wildman–Crippen LogP) is 2.06. The molecule has 1 saturated heterocycles. The van der Waals surface area contributed by atoms with E-state index < -0.39 is 0 Å². The van der Waals surface area contributed by atoms with E-state index in [1.165, 1.54) is 5.56 Å². The van der Waals surface area contributed by atoms with Crippen molar-refractivity contribution < 1.29 is 4.74 Å². The standard InChI is InChI=1S/C15H24N2O/c1-12-10-17(13(2)9-16-12)15(11-18-3)14-7-5-4-6-8-14/h4-8,12-13,15-16H,9-11H2,1-3H3. The van der Waals surface area contributed by atoms with Crippen molar-refractivity contribution in [1.82, 2.24) is 10.2 Å². The Hall–Kier alpha value is -0.900. The lowest BCUT2D eigenvalue weighted by molar-refractivity contribution is 0.0407. The molecule has 0 saturated carbocycles. The van der Waals surface area contributed by atoms with Crippen LogP contribution in [0.4, 0.5) is 0 Å². The van der Waals surface area contributed by atoms with E-state index in [-0.39, 0.29) is 0 Å². The summed E-state index contributed by atoms with van der Waals surface area (Å²) in [6, 6.07) is 12.1. The first-order valence-electron chi connectivity index (χ1n) is 6.75. The highest BCUT2D eigenvalue weighted by Gasteiger charge is 2.29. The van der Waals surface area contributed by atoms with Crippen LogP contribution in [0, 0.1) is 0 Å². The molecule has 1 fully saturated rings. The second-order valence-electron chi connectivity index (χ2n) is 5.24. The number of ether oxygens (including phenoxy) is 1. The maximum absolute atomic E-state index is 5.43. The van der Waals surface area contributed by atoms with Gasteiger partial charge in [-0.1, -0.05) is 30.3 Å². The van der Waals surface area contributed by atoms with Crippen molar-refractivity contribution in [3.05, 3.63) is 35.9 Å². The summed E-state index contributed by atoms with van der Waals surface area (Å²) in [6.45, 7) is 7.40. The second-order valence-corrected chi connectivity index (χ2v) is 5.24. The molecule has 1 aliphatic heterocycles. The van der Waals surface area contributed by atoms with Crippen molar-refractivity contribution in [2.45, 2.75) is 32.0 Å². The number of hydrogen-bond acceptors (Lipinski definition) is 3. The van der Waals surface area contributed by atoms with Crippen LogP contribution in [0.3, 0.4) is 0 Å². The summed E-state index contributed by atoms with van der Waals surface area (Å²) < 4.78 is 5.43. The molecule has 1 heterocycles. The molecule has 0 aliphatic carbocycles. The second kappa shape index (κ2) is 6.32. The van der Waals surface area contributed by atoms with Gasteiger partial charge in [0.1, 0.15) is 0 Å². The van der Waals surface area contributed by atoms with Crippen molar-refractivity contribution >= 4 is 0 Å². The third-order valence-electron chi connectivity index (χ3n) is 3.72. The minimum atomic E-state index is 0.357. The Labute approximate surface area is 110 Å². The minimum absolute atomic E-state index is 0.357. The summed E-state index contributed by atoms with van der Waals surface area (Å²) >= 11 is 0. The lowest BCUT2D eigenvalue weighted by Gasteiger charge is -2.42. The van der Waals surface area contributed by atoms with Gasteiger partial charge in [0.05, 0.1) is 12.6 Å². The molecule has 2 rings (SSSR count). The van der Waals surface area contributed by atoms with Crippen molar-refractivity contribution in [3.8, 4) is 0 Å². The van der Waals surface area contributed by atoms with Crippen LogP contribution in [0.25, 0.3) is 0 Å². The van der Waals surface area contributed by atoms with E-state index in [1.807, 2.05) is 0 Å². The molecule has 3 unspecified atom stereocenters. The Balaban J connectivity index is 2.18. The van der Waals surface area contributed by atoms with Crippen LogP contribution < -0.4 is 5.32 Å². The van der Waals surface area contributed by atoms with Gasteiger partial charge >= 0.3 is 0 Å². The van der Waals surface area contributed by atoms with Crippen molar-refractivity contribution in [2.24, 2.45) is 0 Å². The molecule has 3 nitrogen and oxygen atoms in total. The first-order valence-corrected chi connectivity index (χ1v) is 6.75. The largest absolute Gasteiger partial charge is 0.383 e. The van der Waals surface area contributed by atoms with Gasteiger partial charge in [-0.2, -0.15) is 0 Å². The van der Waals surface area contributed by atoms with Crippen molar-refractivity contribution in [3.63, 3.8) is 0 Å². The highest BCUT2D eigenvalue weighted by molar-refractivity contribution is 5.19. The maximum atomic E-state index is 5.43. The third kappa shape index (κ3) is 3.10. The van der Waals surface area contributed by atoms with Crippen LogP contribution in [0.5, 0.6) is 0 Å². The fraction of sp³-hybridized carbons (Fsp3) is 0.600. The molecule has 1 aliphatic rings. The van der Waals surface area contributed by atoms with E-state index in [2.05, 4.69) is 54.4 Å². The number of piperazine rings is 1. The summed E-state index contributed by atoms with van der Waals surface area (Å²) in [5.41, 5.74) is 1.35. The highest BCUT2D eigenvalue weighted by atomic mass is 16.5. The Morgan fingerprint density at radius 3 is 2.72 bits per heavy atom. The lowest BCUT2D eigenvalue weighted by Crippen LogP contribution is -2.55. The fourth-order valence-electron chi connectivity index (χ4n) is 2.70. The fourth-order valence-corrected chi connectivity index (χ4v) is 2.70. The molecule has 0 bridgehead atoms. The molecular weight excluding hydrogens is 224 g/mol. The van der Waals surface area contributed by atoms with Crippen LogP contribution >= 0.6 is 0 Å². The van der Waals surface area contributed by atoms with Crippen LogP contribution in [0.15, 0.2) is 30.3 Å². The van der Waals surface area contributed by atoms with Gasteiger partial charge in [0.15, 0.2) is 0 Å². The Morgan fingerprint density at radius 2 is 2.06 bits per heavy atom. The maximum Gasteiger partial charge on any atom is 0.0659 e. The topological polar surface area (TPSA) is 24.5 Å². The number of methoxy groups -OCH3 is 1. The zero-order valence-corrected chi connectivity index (χ0v) is 11.6. The van der Waals surface area contributed by atoms with Crippen molar-refractivity contribution in [1.29, 1.82) is 0 Å². The molecule has 0 amide bonds. The molecule has 100 valence electrons.